The molecule has 1 aromatic carbocycles. The summed E-state index contributed by atoms with van der Waals surface area (Å²) < 4.78 is 5.33. The molecular formula is C16H16N4O. The number of rotatable bonds is 4. The summed E-state index contributed by atoms with van der Waals surface area (Å²) in [5.74, 6) is 1.45. The third kappa shape index (κ3) is 2.76. The van der Waals surface area contributed by atoms with Crippen molar-refractivity contribution >= 4 is 16.9 Å². The van der Waals surface area contributed by atoms with Crippen LogP contribution in [0.2, 0.25) is 0 Å². The van der Waals surface area contributed by atoms with Gasteiger partial charge in [-0.15, -0.1) is 0 Å². The van der Waals surface area contributed by atoms with Gasteiger partial charge < -0.3 is 10.1 Å². The molecule has 0 aliphatic carbocycles. The summed E-state index contributed by atoms with van der Waals surface area (Å²) in [6, 6.07) is 9.77. The van der Waals surface area contributed by atoms with Crippen molar-refractivity contribution in [2.24, 2.45) is 0 Å². The average Bonchev–Trinajstić information content (AvgIpc) is 2.53. The van der Waals surface area contributed by atoms with Gasteiger partial charge in [0, 0.05) is 35.6 Å². The standard InChI is InChI=1S/C16H16N4O/c1-11-13-10-19-16(20-14(13)7-8-17-11)18-9-12-5-3-4-6-15(12)21-2/h3-8,10H,9H2,1-2H3,(H,18,19,20). The number of para-hydroxylation sites is 1. The predicted molar refractivity (Wildman–Crippen MR) is 82.4 cm³/mol. The molecule has 5 nitrogen and oxygen atoms in total. The van der Waals surface area contributed by atoms with Crippen molar-refractivity contribution in [3.05, 3.63) is 54.0 Å². The highest BCUT2D eigenvalue weighted by atomic mass is 16.5. The fraction of sp³-hybridized carbons (Fsp3) is 0.188. The van der Waals surface area contributed by atoms with Gasteiger partial charge in [0.25, 0.3) is 0 Å². The van der Waals surface area contributed by atoms with Crippen LogP contribution in [0.3, 0.4) is 0 Å². The molecule has 2 aromatic heterocycles. The normalized spacial score (nSPS) is 10.6. The van der Waals surface area contributed by atoms with Gasteiger partial charge in [0.15, 0.2) is 0 Å². The lowest BCUT2D eigenvalue weighted by Crippen LogP contribution is -2.05. The number of methoxy groups -OCH3 is 1. The smallest absolute Gasteiger partial charge is 0.223 e. The van der Waals surface area contributed by atoms with Crippen LogP contribution >= 0.6 is 0 Å². The maximum atomic E-state index is 5.33. The Morgan fingerprint density at radius 3 is 2.86 bits per heavy atom. The van der Waals surface area contributed by atoms with Gasteiger partial charge >= 0.3 is 0 Å². The molecule has 0 bridgehead atoms. The molecule has 1 N–H and O–H groups in total. The first-order chi connectivity index (χ1) is 10.3. The van der Waals surface area contributed by atoms with E-state index in [4.69, 9.17) is 4.74 Å². The maximum absolute atomic E-state index is 5.33. The van der Waals surface area contributed by atoms with E-state index in [0.29, 0.717) is 12.5 Å². The molecule has 3 rings (SSSR count). The van der Waals surface area contributed by atoms with E-state index in [9.17, 15) is 0 Å². The molecule has 5 heteroatoms. The largest absolute Gasteiger partial charge is 0.496 e. The van der Waals surface area contributed by atoms with Crippen LogP contribution in [0.25, 0.3) is 10.9 Å². The van der Waals surface area contributed by atoms with Crippen molar-refractivity contribution in [3.8, 4) is 5.75 Å². The van der Waals surface area contributed by atoms with Crippen LogP contribution < -0.4 is 10.1 Å². The number of fused-ring (bicyclic) bond motifs is 1. The van der Waals surface area contributed by atoms with E-state index in [1.807, 2.05) is 37.3 Å². The molecule has 0 saturated carbocycles. The van der Waals surface area contributed by atoms with E-state index in [-0.39, 0.29) is 0 Å². The number of aryl methyl sites for hydroxylation is 1. The lowest BCUT2D eigenvalue weighted by atomic mass is 10.2. The van der Waals surface area contributed by atoms with Gasteiger partial charge in [-0.1, -0.05) is 18.2 Å². The Kier molecular flexibility index (Phi) is 3.64. The number of hydrogen-bond acceptors (Lipinski definition) is 5. The third-order valence-electron chi connectivity index (χ3n) is 3.34. The zero-order valence-electron chi connectivity index (χ0n) is 12.0. The number of aromatic nitrogens is 3. The number of ether oxygens (including phenoxy) is 1. The molecule has 0 unspecified atom stereocenters. The second-order valence-corrected chi connectivity index (χ2v) is 4.69. The van der Waals surface area contributed by atoms with Crippen LogP contribution in [0.15, 0.2) is 42.7 Å². The number of nitrogens with one attached hydrogen (secondary N) is 1. The van der Waals surface area contributed by atoms with Crippen LogP contribution in [-0.2, 0) is 6.54 Å². The molecule has 0 radical (unpaired) electrons. The van der Waals surface area contributed by atoms with Crippen LogP contribution in [0, 0.1) is 6.92 Å². The molecule has 106 valence electrons. The number of anilines is 1. The zero-order valence-corrected chi connectivity index (χ0v) is 12.0. The quantitative estimate of drug-likeness (QED) is 0.796. The topological polar surface area (TPSA) is 59.9 Å². The summed E-state index contributed by atoms with van der Waals surface area (Å²) >= 11 is 0. The molecule has 0 saturated heterocycles. The van der Waals surface area contributed by atoms with E-state index < -0.39 is 0 Å². The molecule has 0 aliphatic heterocycles. The van der Waals surface area contributed by atoms with Crippen molar-refractivity contribution in [3.63, 3.8) is 0 Å². The minimum absolute atomic E-state index is 0.596. The monoisotopic (exact) mass is 280 g/mol. The van der Waals surface area contributed by atoms with Crippen molar-refractivity contribution in [2.45, 2.75) is 13.5 Å². The number of benzene rings is 1. The van der Waals surface area contributed by atoms with Crippen LogP contribution in [0.5, 0.6) is 5.75 Å². The first-order valence-corrected chi connectivity index (χ1v) is 6.72. The van der Waals surface area contributed by atoms with Crippen LogP contribution in [-0.4, -0.2) is 22.1 Å². The maximum Gasteiger partial charge on any atom is 0.223 e. The van der Waals surface area contributed by atoms with E-state index in [1.165, 1.54) is 0 Å². The molecule has 3 aromatic rings. The highest BCUT2D eigenvalue weighted by Crippen LogP contribution is 2.19. The predicted octanol–water partition coefficient (Wildman–Crippen LogP) is 2.95. The van der Waals surface area contributed by atoms with Crippen LogP contribution in [0.4, 0.5) is 5.95 Å². The second-order valence-electron chi connectivity index (χ2n) is 4.69. The van der Waals surface area contributed by atoms with E-state index >= 15 is 0 Å². The molecule has 0 fully saturated rings. The molecule has 0 aliphatic rings. The van der Waals surface area contributed by atoms with Gasteiger partial charge in [-0.05, 0) is 19.1 Å². The van der Waals surface area contributed by atoms with Gasteiger partial charge in [0.1, 0.15) is 5.75 Å². The Morgan fingerprint density at radius 2 is 2.00 bits per heavy atom. The fourth-order valence-electron chi connectivity index (χ4n) is 2.20. The number of nitrogens with zero attached hydrogens (tertiary/aromatic N) is 3. The third-order valence-corrected chi connectivity index (χ3v) is 3.34. The highest BCUT2D eigenvalue weighted by Gasteiger charge is 2.05. The summed E-state index contributed by atoms with van der Waals surface area (Å²) in [5.41, 5.74) is 2.89. The van der Waals surface area contributed by atoms with Crippen molar-refractivity contribution in [1.29, 1.82) is 0 Å². The van der Waals surface area contributed by atoms with E-state index in [1.54, 1.807) is 19.5 Å². The summed E-state index contributed by atoms with van der Waals surface area (Å²) in [6.07, 6.45) is 3.56. The van der Waals surface area contributed by atoms with Gasteiger partial charge in [0.05, 0.1) is 12.6 Å². The molecule has 0 amide bonds. The van der Waals surface area contributed by atoms with Crippen molar-refractivity contribution in [2.75, 3.05) is 12.4 Å². The Balaban J connectivity index is 1.82. The van der Waals surface area contributed by atoms with E-state index in [0.717, 1.165) is 27.9 Å². The average molecular weight is 280 g/mol. The summed E-state index contributed by atoms with van der Waals surface area (Å²) in [5, 5.41) is 4.20. The highest BCUT2D eigenvalue weighted by molar-refractivity contribution is 5.80. The Morgan fingerprint density at radius 1 is 1.14 bits per heavy atom. The minimum atomic E-state index is 0.596. The minimum Gasteiger partial charge on any atom is -0.496 e. The Hall–Kier alpha value is -2.69. The van der Waals surface area contributed by atoms with Gasteiger partial charge in [-0.2, -0.15) is 0 Å². The van der Waals surface area contributed by atoms with Crippen molar-refractivity contribution in [1.82, 2.24) is 15.0 Å². The lowest BCUT2D eigenvalue weighted by Gasteiger charge is -2.09. The summed E-state index contributed by atoms with van der Waals surface area (Å²) in [4.78, 5) is 13.1. The SMILES string of the molecule is COc1ccccc1CNc1ncc2c(C)nccc2n1. The van der Waals surface area contributed by atoms with E-state index in [2.05, 4.69) is 20.3 Å². The number of hydrogen-bond donors (Lipinski definition) is 1. The molecule has 21 heavy (non-hydrogen) atoms. The second kappa shape index (κ2) is 5.75. The first-order valence-electron chi connectivity index (χ1n) is 6.72. The Labute approximate surface area is 123 Å². The molecule has 2 heterocycles. The molecule has 0 atom stereocenters. The van der Waals surface area contributed by atoms with Crippen LogP contribution in [0.1, 0.15) is 11.3 Å². The molecule has 0 spiro atoms. The first kappa shape index (κ1) is 13.3. The lowest BCUT2D eigenvalue weighted by molar-refractivity contribution is 0.410. The van der Waals surface area contributed by atoms with Gasteiger partial charge in [0.2, 0.25) is 5.95 Å². The molecular weight excluding hydrogens is 264 g/mol. The zero-order chi connectivity index (χ0) is 14.7. The number of pyridine rings is 1. The van der Waals surface area contributed by atoms with Gasteiger partial charge in [-0.3, -0.25) is 4.98 Å². The fourth-order valence-corrected chi connectivity index (χ4v) is 2.20. The van der Waals surface area contributed by atoms with Crippen molar-refractivity contribution < 1.29 is 4.74 Å². The Bertz CT molecular complexity index is 773. The summed E-state index contributed by atoms with van der Waals surface area (Å²) in [7, 11) is 1.67. The summed E-state index contributed by atoms with van der Waals surface area (Å²) in [6.45, 7) is 2.56. The van der Waals surface area contributed by atoms with Gasteiger partial charge in [-0.25, -0.2) is 9.97 Å².